The molecule has 0 spiro atoms. The normalized spacial score (nSPS) is 13.5. The number of nitrogens with zero attached hydrogens (tertiary/aromatic N) is 2. The standard InChI is InChI=1S/C22H22N4O4S/c1-13(20(28)25-21-18(19(23)27)16-4-2-5-17(16)31-21)30-22(29)15-8-6-14(7-9-15)12-26-11-3-10-24-26/h3,6-11,13H,2,4-5,12H2,1H3,(H2,23,27)(H,25,28). The van der Waals surface area contributed by atoms with Gasteiger partial charge in [-0.15, -0.1) is 11.3 Å². The number of ether oxygens (including phenoxy) is 1. The van der Waals surface area contributed by atoms with Crippen molar-refractivity contribution in [3.8, 4) is 0 Å². The third-order valence-corrected chi connectivity index (χ3v) is 6.36. The molecule has 1 aliphatic rings. The Bertz CT molecular complexity index is 1120. The Labute approximate surface area is 183 Å². The van der Waals surface area contributed by atoms with Gasteiger partial charge >= 0.3 is 5.97 Å². The lowest BCUT2D eigenvalue weighted by molar-refractivity contribution is -0.123. The van der Waals surface area contributed by atoms with Gasteiger partial charge in [-0.25, -0.2) is 4.79 Å². The number of primary amides is 1. The average molecular weight is 439 g/mol. The zero-order chi connectivity index (χ0) is 22.0. The van der Waals surface area contributed by atoms with Crippen molar-refractivity contribution in [3.63, 3.8) is 0 Å². The fourth-order valence-corrected chi connectivity index (χ4v) is 4.87. The maximum absolute atomic E-state index is 12.6. The molecule has 1 aliphatic carbocycles. The van der Waals surface area contributed by atoms with Gasteiger partial charge in [0.2, 0.25) is 0 Å². The van der Waals surface area contributed by atoms with Gasteiger partial charge in [0, 0.05) is 17.3 Å². The third-order valence-electron chi connectivity index (χ3n) is 5.15. The molecule has 0 aliphatic heterocycles. The molecule has 3 N–H and O–H groups in total. The molecule has 9 heteroatoms. The molecule has 1 aromatic carbocycles. The van der Waals surface area contributed by atoms with Crippen LogP contribution in [0, 0.1) is 0 Å². The Morgan fingerprint density at radius 3 is 2.71 bits per heavy atom. The summed E-state index contributed by atoms with van der Waals surface area (Å²) in [5.74, 6) is -1.67. The van der Waals surface area contributed by atoms with Crippen LogP contribution in [0.15, 0.2) is 42.7 Å². The molecular formula is C22H22N4O4S. The van der Waals surface area contributed by atoms with Crippen LogP contribution in [0.4, 0.5) is 5.00 Å². The number of rotatable bonds is 7. The van der Waals surface area contributed by atoms with Crippen LogP contribution in [0.3, 0.4) is 0 Å². The number of carbonyl (C=O) groups is 3. The Morgan fingerprint density at radius 1 is 1.26 bits per heavy atom. The molecule has 2 heterocycles. The maximum atomic E-state index is 12.6. The molecule has 2 amide bonds. The van der Waals surface area contributed by atoms with Gasteiger partial charge in [-0.3, -0.25) is 14.3 Å². The second-order valence-electron chi connectivity index (χ2n) is 7.36. The van der Waals surface area contributed by atoms with Crippen LogP contribution >= 0.6 is 11.3 Å². The maximum Gasteiger partial charge on any atom is 0.338 e. The Balaban J connectivity index is 1.38. The summed E-state index contributed by atoms with van der Waals surface area (Å²) in [7, 11) is 0. The Kier molecular flexibility index (Phi) is 5.85. The van der Waals surface area contributed by atoms with Gasteiger partial charge in [0.05, 0.1) is 17.7 Å². The number of fused-ring (bicyclic) bond motifs is 1. The zero-order valence-corrected chi connectivity index (χ0v) is 17.8. The van der Waals surface area contributed by atoms with E-state index < -0.39 is 23.9 Å². The minimum Gasteiger partial charge on any atom is -0.449 e. The SMILES string of the molecule is CC(OC(=O)c1ccc(Cn2cccn2)cc1)C(=O)Nc1sc2c(c1C(N)=O)CCC2. The van der Waals surface area contributed by atoms with Gasteiger partial charge in [0.15, 0.2) is 6.10 Å². The number of carbonyl (C=O) groups excluding carboxylic acids is 3. The van der Waals surface area contributed by atoms with E-state index in [4.69, 9.17) is 10.5 Å². The summed E-state index contributed by atoms with van der Waals surface area (Å²) in [6.07, 6.45) is 5.15. The number of esters is 1. The molecule has 1 unspecified atom stereocenters. The highest BCUT2D eigenvalue weighted by atomic mass is 32.1. The summed E-state index contributed by atoms with van der Waals surface area (Å²) in [4.78, 5) is 38.0. The lowest BCUT2D eigenvalue weighted by atomic mass is 10.1. The zero-order valence-electron chi connectivity index (χ0n) is 17.0. The second-order valence-corrected chi connectivity index (χ2v) is 8.47. The fourth-order valence-electron chi connectivity index (χ4n) is 3.58. The summed E-state index contributed by atoms with van der Waals surface area (Å²) in [5.41, 5.74) is 8.14. The lowest BCUT2D eigenvalue weighted by Gasteiger charge is -2.14. The minimum atomic E-state index is -1.03. The first-order valence-electron chi connectivity index (χ1n) is 9.95. The molecule has 0 saturated carbocycles. The van der Waals surface area contributed by atoms with Crippen molar-refractivity contribution in [2.75, 3.05) is 5.32 Å². The van der Waals surface area contributed by atoms with Gasteiger partial charge in [0.1, 0.15) is 5.00 Å². The number of aryl methyl sites for hydroxylation is 1. The summed E-state index contributed by atoms with van der Waals surface area (Å²) in [5, 5.41) is 7.28. The first kappa shape index (κ1) is 20.8. The van der Waals surface area contributed by atoms with E-state index in [9.17, 15) is 14.4 Å². The first-order chi connectivity index (χ1) is 14.9. The van der Waals surface area contributed by atoms with Crippen LogP contribution < -0.4 is 11.1 Å². The van der Waals surface area contributed by atoms with E-state index in [0.29, 0.717) is 22.7 Å². The van der Waals surface area contributed by atoms with Crippen LogP contribution in [-0.2, 0) is 28.9 Å². The van der Waals surface area contributed by atoms with E-state index in [1.807, 2.05) is 24.4 Å². The number of benzene rings is 1. The first-order valence-corrected chi connectivity index (χ1v) is 10.8. The van der Waals surface area contributed by atoms with Gasteiger partial charge < -0.3 is 15.8 Å². The van der Waals surface area contributed by atoms with E-state index in [2.05, 4.69) is 10.4 Å². The molecule has 8 nitrogen and oxygen atoms in total. The van der Waals surface area contributed by atoms with E-state index in [-0.39, 0.29) is 0 Å². The molecule has 31 heavy (non-hydrogen) atoms. The summed E-state index contributed by atoms with van der Waals surface area (Å²) in [6, 6.07) is 8.78. The van der Waals surface area contributed by atoms with Crippen LogP contribution in [0.5, 0.6) is 0 Å². The molecule has 160 valence electrons. The highest BCUT2D eigenvalue weighted by Crippen LogP contribution is 2.38. The number of aromatic nitrogens is 2. The van der Waals surface area contributed by atoms with Crippen molar-refractivity contribution in [3.05, 3.63) is 69.9 Å². The molecule has 0 bridgehead atoms. The van der Waals surface area contributed by atoms with Gasteiger partial charge in [-0.1, -0.05) is 12.1 Å². The predicted molar refractivity (Wildman–Crippen MR) is 116 cm³/mol. The van der Waals surface area contributed by atoms with Crippen molar-refractivity contribution in [2.45, 2.75) is 38.8 Å². The number of thiophene rings is 1. The summed E-state index contributed by atoms with van der Waals surface area (Å²) < 4.78 is 7.09. The van der Waals surface area contributed by atoms with Crippen molar-refractivity contribution in [1.82, 2.24) is 9.78 Å². The number of nitrogens with two attached hydrogens (primary N) is 1. The van der Waals surface area contributed by atoms with E-state index in [1.165, 1.54) is 18.3 Å². The third kappa shape index (κ3) is 4.51. The van der Waals surface area contributed by atoms with Crippen LogP contribution in [0.1, 0.15) is 50.1 Å². The predicted octanol–water partition coefficient (Wildman–Crippen LogP) is 2.76. The van der Waals surface area contributed by atoms with Gasteiger partial charge in [-0.2, -0.15) is 5.10 Å². The fraction of sp³-hybridized carbons (Fsp3) is 0.273. The molecule has 4 rings (SSSR count). The summed E-state index contributed by atoms with van der Waals surface area (Å²) in [6.45, 7) is 2.08. The van der Waals surface area contributed by atoms with E-state index >= 15 is 0 Å². The number of amides is 2. The van der Waals surface area contributed by atoms with Crippen LogP contribution in [0.2, 0.25) is 0 Å². The van der Waals surface area contributed by atoms with E-state index in [0.717, 1.165) is 35.3 Å². The van der Waals surface area contributed by atoms with Crippen molar-refractivity contribution < 1.29 is 19.1 Å². The van der Waals surface area contributed by atoms with Crippen LogP contribution in [-0.4, -0.2) is 33.7 Å². The Hall–Kier alpha value is -3.46. The highest BCUT2D eigenvalue weighted by molar-refractivity contribution is 7.17. The number of anilines is 1. The molecular weight excluding hydrogens is 416 g/mol. The highest BCUT2D eigenvalue weighted by Gasteiger charge is 2.28. The molecule has 0 fully saturated rings. The monoisotopic (exact) mass is 438 g/mol. The van der Waals surface area contributed by atoms with Crippen molar-refractivity contribution in [2.24, 2.45) is 5.73 Å². The van der Waals surface area contributed by atoms with Crippen LogP contribution in [0.25, 0.3) is 0 Å². The minimum absolute atomic E-state index is 0.344. The number of hydrogen-bond acceptors (Lipinski definition) is 6. The topological polar surface area (TPSA) is 116 Å². The number of hydrogen-bond donors (Lipinski definition) is 2. The molecule has 2 aromatic heterocycles. The Morgan fingerprint density at radius 2 is 2.03 bits per heavy atom. The summed E-state index contributed by atoms with van der Waals surface area (Å²) >= 11 is 1.36. The van der Waals surface area contributed by atoms with Gasteiger partial charge in [-0.05, 0) is 55.5 Å². The van der Waals surface area contributed by atoms with Crippen molar-refractivity contribution in [1.29, 1.82) is 0 Å². The number of nitrogens with one attached hydrogen (secondary N) is 1. The smallest absolute Gasteiger partial charge is 0.338 e. The molecule has 0 radical (unpaired) electrons. The molecule has 1 atom stereocenters. The quantitative estimate of drug-likeness (QED) is 0.550. The molecule has 0 saturated heterocycles. The van der Waals surface area contributed by atoms with Gasteiger partial charge in [0.25, 0.3) is 11.8 Å². The largest absolute Gasteiger partial charge is 0.449 e. The second kappa shape index (κ2) is 8.73. The molecule has 3 aromatic rings. The van der Waals surface area contributed by atoms with E-state index in [1.54, 1.807) is 23.0 Å². The van der Waals surface area contributed by atoms with Crippen molar-refractivity contribution >= 4 is 34.1 Å². The lowest BCUT2D eigenvalue weighted by Crippen LogP contribution is -2.30. The average Bonchev–Trinajstić information content (AvgIpc) is 3.46.